The summed E-state index contributed by atoms with van der Waals surface area (Å²) in [7, 11) is -2.24. The molecule has 2 N–H and O–H groups in total. The number of hydrogen-bond donors (Lipinski definition) is 1. The van der Waals surface area contributed by atoms with Crippen LogP contribution in [0.4, 0.5) is 0 Å². The molecule has 0 aliphatic heterocycles. The summed E-state index contributed by atoms with van der Waals surface area (Å²) in [6.45, 7) is 6.28. The maximum absolute atomic E-state index is 12.3. The molecule has 0 aliphatic carbocycles. The van der Waals surface area contributed by atoms with Crippen molar-refractivity contribution in [1.29, 1.82) is 0 Å². The Morgan fingerprint density at radius 1 is 1.38 bits per heavy atom. The number of primary sulfonamides is 1. The fourth-order valence-electron chi connectivity index (χ4n) is 1.85. The summed E-state index contributed by atoms with van der Waals surface area (Å²) in [5, 5.41) is 5.37. The van der Waals surface area contributed by atoms with Crippen LogP contribution in [0.3, 0.4) is 0 Å². The van der Waals surface area contributed by atoms with E-state index in [1.165, 1.54) is 12.1 Å². The lowest BCUT2D eigenvalue weighted by molar-refractivity contribution is 0.0789. The highest BCUT2D eigenvalue weighted by Crippen LogP contribution is 2.25. The van der Waals surface area contributed by atoms with Gasteiger partial charge in [0.25, 0.3) is 5.91 Å². The molecule has 1 aromatic carbocycles. The summed E-state index contributed by atoms with van der Waals surface area (Å²) in [6, 6.07) is 2.75. The molecule has 1 amide bonds. The molecule has 0 spiro atoms. The highest BCUT2D eigenvalue weighted by atomic mass is 35.5. The molecule has 0 fully saturated rings. The van der Waals surface area contributed by atoms with Gasteiger partial charge in [0.15, 0.2) is 0 Å². The van der Waals surface area contributed by atoms with E-state index < -0.39 is 10.0 Å². The fourth-order valence-corrected chi connectivity index (χ4v) is 2.95. The number of carbonyl (C=O) groups is 1. The van der Waals surface area contributed by atoms with Crippen molar-refractivity contribution in [2.24, 2.45) is 11.1 Å². The summed E-state index contributed by atoms with van der Waals surface area (Å²) >= 11 is 6.01. The van der Waals surface area contributed by atoms with E-state index >= 15 is 0 Å². The van der Waals surface area contributed by atoms with Gasteiger partial charge in [0.2, 0.25) is 10.0 Å². The minimum absolute atomic E-state index is 0.115. The molecule has 1 rings (SSSR count). The summed E-state index contributed by atoms with van der Waals surface area (Å²) in [6.07, 6.45) is 0.865. The molecule has 0 bridgehead atoms. The Hall–Kier alpha value is -1.11. The standard InChI is InChI=1S/C14H21ClN2O3S/c1-9(2)5-6-17(4)14(18)11-7-12(15)10(3)13(8-11)21(16,19)20/h7-9H,5-6H2,1-4H3,(H2,16,19,20). The van der Waals surface area contributed by atoms with E-state index in [0.717, 1.165) is 6.42 Å². The van der Waals surface area contributed by atoms with Crippen LogP contribution in [-0.2, 0) is 10.0 Å². The van der Waals surface area contributed by atoms with Crippen molar-refractivity contribution in [1.82, 2.24) is 4.90 Å². The molecule has 0 unspecified atom stereocenters. The highest BCUT2D eigenvalue weighted by molar-refractivity contribution is 7.89. The van der Waals surface area contributed by atoms with Gasteiger partial charge in [-0.15, -0.1) is 0 Å². The van der Waals surface area contributed by atoms with Gasteiger partial charge >= 0.3 is 0 Å². The molecule has 0 heterocycles. The molecular formula is C14H21ClN2O3S. The van der Waals surface area contributed by atoms with E-state index in [-0.39, 0.29) is 21.4 Å². The largest absolute Gasteiger partial charge is 0.342 e. The van der Waals surface area contributed by atoms with E-state index in [2.05, 4.69) is 13.8 Å². The van der Waals surface area contributed by atoms with Crippen molar-refractivity contribution in [3.05, 3.63) is 28.3 Å². The first-order valence-electron chi connectivity index (χ1n) is 6.62. The van der Waals surface area contributed by atoms with Crippen LogP contribution in [0.25, 0.3) is 0 Å². The predicted octanol–water partition coefficient (Wildman–Crippen LogP) is 2.41. The number of benzene rings is 1. The Bertz CT molecular complexity index is 642. The minimum atomic E-state index is -3.92. The van der Waals surface area contributed by atoms with Gasteiger partial charge < -0.3 is 4.90 Å². The van der Waals surface area contributed by atoms with Crippen LogP contribution in [0.15, 0.2) is 17.0 Å². The lowest BCUT2D eigenvalue weighted by atomic mass is 10.1. The van der Waals surface area contributed by atoms with Gasteiger partial charge in [-0.25, -0.2) is 13.6 Å². The zero-order valence-electron chi connectivity index (χ0n) is 12.7. The molecular weight excluding hydrogens is 312 g/mol. The number of rotatable bonds is 5. The van der Waals surface area contributed by atoms with Gasteiger partial charge in [0.05, 0.1) is 4.90 Å². The zero-order valence-corrected chi connectivity index (χ0v) is 14.3. The second kappa shape index (κ2) is 6.77. The molecule has 0 aromatic heterocycles. The van der Waals surface area contributed by atoms with Crippen molar-refractivity contribution in [3.8, 4) is 0 Å². The normalized spacial score (nSPS) is 11.8. The van der Waals surface area contributed by atoms with Gasteiger partial charge in [-0.3, -0.25) is 4.79 Å². The van der Waals surface area contributed by atoms with Crippen LogP contribution in [0.5, 0.6) is 0 Å². The maximum atomic E-state index is 12.3. The molecule has 0 saturated carbocycles. The van der Waals surface area contributed by atoms with Gasteiger partial charge in [0.1, 0.15) is 0 Å². The van der Waals surface area contributed by atoms with Crippen LogP contribution >= 0.6 is 11.6 Å². The Labute approximate surface area is 131 Å². The average molecular weight is 333 g/mol. The zero-order chi connectivity index (χ0) is 16.4. The monoisotopic (exact) mass is 332 g/mol. The Balaban J connectivity index is 3.14. The third-order valence-corrected chi connectivity index (χ3v) is 4.67. The number of halogens is 1. The first-order valence-corrected chi connectivity index (χ1v) is 8.55. The van der Waals surface area contributed by atoms with Gasteiger partial charge in [-0.1, -0.05) is 25.4 Å². The number of sulfonamides is 1. The Morgan fingerprint density at radius 2 is 1.95 bits per heavy atom. The highest BCUT2D eigenvalue weighted by Gasteiger charge is 2.20. The Kier molecular flexibility index (Phi) is 5.78. The third kappa shape index (κ3) is 4.69. The summed E-state index contributed by atoms with van der Waals surface area (Å²) in [5.74, 6) is 0.198. The quantitative estimate of drug-likeness (QED) is 0.899. The third-order valence-electron chi connectivity index (χ3n) is 3.24. The molecule has 118 valence electrons. The number of nitrogens with two attached hydrogens (primary N) is 1. The van der Waals surface area contributed by atoms with Gasteiger partial charge in [0, 0.05) is 24.2 Å². The second-order valence-corrected chi connectivity index (χ2v) is 7.47. The number of amides is 1. The van der Waals surface area contributed by atoms with Gasteiger partial charge in [-0.05, 0) is 37.0 Å². The minimum Gasteiger partial charge on any atom is -0.342 e. The smallest absolute Gasteiger partial charge is 0.253 e. The van der Waals surface area contributed by atoms with Gasteiger partial charge in [-0.2, -0.15) is 0 Å². The van der Waals surface area contributed by atoms with E-state index in [4.69, 9.17) is 16.7 Å². The molecule has 0 atom stereocenters. The van der Waals surface area contributed by atoms with Crippen LogP contribution in [0.1, 0.15) is 36.2 Å². The lowest BCUT2D eigenvalue weighted by Gasteiger charge is -2.19. The van der Waals surface area contributed by atoms with Crippen molar-refractivity contribution >= 4 is 27.5 Å². The summed E-state index contributed by atoms with van der Waals surface area (Å²) in [4.78, 5) is 13.8. The molecule has 21 heavy (non-hydrogen) atoms. The van der Waals surface area contributed by atoms with Crippen LogP contribution < -0.4 is 5.14 Å². The maximum Gasteiger partial charge on any atom is 0.253 e. The lowest BCUT2D eigenvalue weighted by Crippen LogP contribution is -2.29. The molecule has 0 radical (unpaired) electrons. The number of carbonyl (C=O) groups excluding carboxylic acids is 1. The van der Waals surface area contributed by atoms with Crippen LogP contribution in [-0.4, -0.2) is 32.8 Å². The molecule has 1 aromatic rings. The molecule has 5 nitrogen and oxygen atoms in total. The average Bonchev–Trinajstić information content (AvgIpc) is 2.36. The summed E-state index contributed by atoms with van der Waals surface area (Å²) < 4.78 is 23.1. The van der Waals surface area contributed by atoms with Crippen LogP contribution in [0, 0.1) is 12.8 Å². The van der Waals surface area contributed by atoms with E-state index in [0.29, 0.717) is 18.0 Å². The molecule has 7 heteroatoms. The first-order chi connectivity index (χ1) is 9.54. The fraction of sp³-hybridized carbons (Fsp3) is 0.500. The van der Waals surface area contributed by atoms with Crippen molar-refractivity contribution in [3.63, 3.8) is 0 Å². The topological polar surface area (TPSA) is 80.5 Å². The van der Waals surface area contributed by atoms with E-state index in [1.807, 2.05) is 0 Å². The molecule has 0 saturated heterocycles. The molecule has 0 aliphatic rings. The second-order valence-electron chi connectivity index (χ2n) is 5.54. The number of hydrogen-bond acceptors (Lipinski definition) is 3. The predicted molar refractivity (Wildman–Crippen MR) is 84.0 cm³/mol. The van der Waals surface area contributed by atoms with E-state index in [9.17, 15) is 13.2 Å². The van der Waals surface area contributed by atoms with Crippen molar-refractivity contribution < 1.29 is 13.2 Å². The first kappa shape index (κ1) is 17.9. The van der Waals surface area contributed by atoms with E-state index in [1.54, 1.807) is 18.9 Å². The Morgan fingerprint density at radius 3 is 2.43 bits per heavy atom. The SMILES string of the molecule is Cc1c(Cl)cc(C(=O)N(C)CCC(C)C)cc1S(N)(=O)=O. The summed E-state index contributed by atoms with van der Waals surface area (Å²) in [5.41, 5.74) is 0.571. The van der Waals surface area contributed by atoms with Crippen molar-refractivity contribution in [2.45, 2.75) is 32.1 Å². The number of nitrogens with zero attached hydrogens (tertiary/aromatic N) is 1. The van der Waals surface area contributed by atoms with Crippen LogP contribution in [0.2, 0.25) is 5.02 Å². The van der Waals surface area contributed by atoms with Crippen molar-refractivity contribution in [2.75, 3.05) is 13.6 Å².